The summed E-state index contributed by atoms with van der Waals surface area (Å²) < 4.78 is 27.3. The maximum absolute atomic E-state index is 13.8. The molecule has 1 aliphatic heterocycles. The molecule has 2 unspecified atom stereocenters. The Hall–Kier alpha value is -1.82. The first-order chi connectivity index (χ1) is 9.38. The first-order valence-corrected chi connectivity index (χ1v) is 6.43. The quantitative estimate of drug-likeness (QED) is 0.830. The number of nitrogens with one attached hydrogen (secondary N) is 2. The molecule has 2 N–H and O–H groups in total. The molecular weight excluding hydrogens is 266 g/mol. The lowest BCUT2D eigenvalue weighted by atomic mass is 10.0. The summed E-state index contributed by atoms with van der Waals surface area (Å²) in [4.78, 5) is 22.7. The molecule has 0 aromatic heterocycles. The maximum atomic E-state index is 13.8. The molecule has 0 aliphatic carbocycles. The SMILES string of the molecule is Cc1cc(F)c(C(C)NC2CCC(=O)NC2=O)cc1F. The van der Waals surface area contributed by atoms with E-state index in [4.69, 9.17) is 0 Å². The Morgan fingerprint density at radius 1 is 1.30 bits per heavy atom. The Kier molecular flexibility index (Phi) is 4.13. The van der Waals surface area contributed by atoms with Crippen molar-refractivity contribution in [1.82, 2.24) is 10.6 Å². The number of amides is 2. The standard InChI is InChI=1S/C14H16F2N2O2/c1-7-5-11(16)9(6-10(7)15)8(2)17-12-3-4-13(19)18-14(12)20/h5-6,8,12,17H,3-4H2,1-2H3,(H,18,19,20). The molecule has 0 spiro atoms. The summed E-state index contributed by atoms with van der Waals surface area (Å²) in [6, 6.07) is 1.15. The fraction of sp³-hybridized carbons (Fsp3) is 0.429. The minimum atomic E-state index is -0.577. The first-order valence-electron chi connectivity index (χ1n) is 6.43. The van der Waals surface area contributed by atoms with E-state index in [9.17, 15) is 18.4 Å². The number of hydrogen-bond donors (Lipinski definition) is 2. The molecule has 1 heterocycles. The third kappa shape index (κ3) is 3.01. The molecule has 0 saturated carbocycles. The number of rotatable bonds is 3. The van der Waals surface area contributed by atoms with Gasteiger partial charge in [-0.1, -0.05) is 0 Å². The highest BCUT2D eigenvalue weighted by Crippen LogP contribution is 2.22. The van der Waals surface area contributed by atoms with Crippen LogP contribution in [0, 0.1) is 18.6 Å². The van der Waals surface area contributed by atoms with Crippen molar-refractivity contribution in [3.8, 4) is 0 Å². The Labute approximate surface area is 115 Å². The van der Waals surface area contributed by atoms with Gasteiger partial charge in [-0.3, -0.25) is 20.2 Å². The van der Waals surface area contributed by atoms with Crippen LogP contribution in [0.1, 0.15) is 36.9 Å². The average molecular weight is 282 g/mol. The molecule has 1 fully saturated rings. The summed E-state index contributed by atoms with van der Waals surface area (Å²) in [5, 5.41) is 5.14. The molecule has 1 aliphatic rings. The second-order valence-electron chi connectivity index (χ2n) is 5.01. The number of carbonyl (C=O) groups is 2. The summed E-state index contributed by atoms with van der Waals surface area (Å²) in [6.45, 7) is 3.14. The van der Waals surface area contributed by atoms with Gasteiger partial charge in [-0.15, -0.1) is 0 Å². The maximum Gasteiger partial charge on any atom is 0.243 e. The van der Waals surface area contributed by atoms with Gasteiger partial charge < -0.3 is 0 Å². The summed E-state index contributed by atoms with van der Waals surface area (Å²) in [7, 11) is 0. The molecule has 0 radical (unpaired) electrons. The van der Waals surface area contributed by atoms with Crippen LogP contribution in [-0.4, -0.2) is 17.9 Å². The molecular formula is C14H16F2N2O2. The highest BCUT2D eigenvalue weighted by atomic mass is 19.1. The number of carbonyl (C=O) groups excluding carboxylic acids is 2. The zero-order valence-electron chi connectivity index (χ0n) is 11.3. The minimum Gasteiger partial charge on any atom is -0.299 e. The van der Waals surface area contributed by atoms with Crippen molar-refractivity contribution >= 4 is 11.8 Å². The van der Waals surface area contributed by atoms with E-state index >= 15 is 0 Å². The molecule has 4 nitrogen and oxygen atoms in total. The first kappa shape index (κ1) is 14.6. The third-order valence-corrected chi connectivity index (χ3v) is 3.43. The average Bonchev–Trinajstić information content (AvgIpc) is 2.37. The molecule has 1 aromatic rings. The molecule has 2 atom stereocenters. The highest BCUT2D eigenvalue weighted by molar-refractivity contribution is 6.00. The molecule has 1 saturated heterocycles. The van der Waals surface area contributed by atoms with Crippen molar-refractivity contribution in [1.29, 1.82) is 0 Å². The summed E-state index contributed by atoms with van der Waals surface area (Å²) in [5.74, 6) is -1.75. The molecule has 2 amide bonds. The van der Waals surface area contributed by atoms with Crippen LogP contribution in [0.2, 0.25) is 0 Å². The van der Waals surface area contributed by atoms with E-state index in [-0.39, 0.29) is 23.5 Å². The van der Waals surface area contributed by atoms with Crippen LogP contribution in [0.15, 0.2) is 12.1 Å². The Bertz CT molecular complexity index is 560. The molecule has 6 heteroatoms. The predicted molar refractivity (Wildman–Crippen MR) is 68.8 cm³/mol. The lowest BCUT2D eigenvalue weighted by Crippen LogP contribution is -2.51. The van der Waals surface area contributed by atoms with Crippen LogP contribution in [0.4, 0.5) is 8.78 Å². The minimum absolute atomic E-state index is 0.165. The molecule has 2 rings (SSSR count). The molecule has 1 aromatic carbocycles. The van der Waals surface area contributed by atoms with Gasteiger partial charge in [-0.25, -0.2) is 8.78 Å². The van der Waals surface area contributed by atoms with Crippen LogP contribution < -0.4 is 10.6 Å². The molecule has 108 valence electrons. The van der Waals surface area contributed by atoms with Gasteiger partial charge in [0.1, 0.15) is 11.6 Å². The van der Waals surface area contributed by atoms with E-state index in [0.717, 1.165) is 12.1 Å². The van der Waals surface area contributed by atoms with E-state index < -0.39 is 29.6 Å². The topological polar surface area (TPSA) is 58.2 Å². The normalized spacial score (nSPS) is 20.7. The van der Waals surface area contributed by atoms with E-state index in [0.29, 0.717) is 6.42 Å². The lowest BCUT2D eigenvalue weighted by molar-refractivity contribution is -0.134. The number of benzene rings is 1. The summed E-state index contributed by atoms with van der Waals surface area (Å²) >= 11 is 0. The largest absolute Gasteiger partial charge is 0.299 e. The van der Waals surface area contributed by atoms with Gasteiger partial charge in [-0.05, 0) is 38.0 Å². The van der Waals surface area contributed by atoms with Crippen LogP contribution in [-0.2, 0) is 9.59 Å². The van der Waals surface area contributed by atoms with Gasteiger partial charge in [0.05, 0.1) is 6.04 Å². The van der Waals surface area contributed by atoms with Crippen molar-refractivity contribution in [3.63, 3.8) is 0 Å². The number of aryl methyl sites for hydroxylation is 1. The fourth-order valence-electron chi connectivity index (χ4n) is 2.24. The smallest absolute Gasteiger partial charge is 0.243 e. The van der Waals surface area contributed by atoms with E-state index in [1.165, 1.54) is 6.92 Å². The van der Waals surface area contributed by atoms with Crippen LogP contribution >= 0.6 is 0 Å². The molecule has 20 heavy (non-hydrogen) atoms. The van der Waals surface area contributed by atoms with Gasteiger partial charge in [0.15, 0.2) is 0 Å². The zero-order valence-corrected chi connectivity index (χ0v) is 11.3. The summed E-state index contributed by atoms with van der Waals surface area (Å²) in [6.07, 6.45) is 0.589. The van der Waals surface area contributed by atoms with Crippen molar-refractivity contribution in [3.05, 3.63) is 34.9 Å². The van der Waals surface area contributed by atoms with Crippen molar-refractivity contribution < 1.29 is 18.4 Å². The monoisotopic (exact) mass is 282 g/mol. The second-order valence-corrected chi connectivity index (χ2v) is 5.01. The Morgan fingerprint density at radius 3 is 2.65 bits per heavy atom. The third-order valence-electron chi connectivity index (χ3n) is 3.43. The Balaban J connectivity index is 2.12. The van der Waals surface area contributed by atoms with Gasteiger partial charge in [0.25, 0.3) is 0 Å². The van der Waals surface area contributed by atoms with Crippen molar-refractivity contribution in [2.24, 2.45) is 0 Å². The fourth-order valence-corrected chi connectivity index (χ4v) is 2.24. The highest BCUT2D eigenvalue weighted by Gasteiger charge is 2.28. The van der Waals surface area contributed by atoms with E-state index in [1.807, 2.05) is 0 Å². The van der Waals surface area contributed by atoms with E-state index in [1.54, 1.807) is 6.92 Å². The van der Waals surface area contributed by atoms with Crippen LogP contribution in [0.3, 0.4) is 0 Å². The van der Waals surface area contributed by atoms with Crippen LogP contribution in [0.25, 0.3) is 0 Å². The van der Waals surface area contributed by atoms with Gasteiger partial charge in [0, 0.05) is 18.0 Å². The summed E-state index contributed by atoms with van der Waals surface area (Å²) in [5.41, 5.74) is 0.400. The zero-order chi connectivity index (χ0) is 14.9. The van der Waals surface area contributed by atoms with Crippen LogP contribution in [0.5, 0.6) is 0 Å². The number of hydrogen-bond acceptors (Lipinski definition) is 3. The number of halogens is 2. The molecule has 0 bridgehead atoms. The van der Waals surface area contributed by atoms with Crippen molar-refractivity contribution in [2.75, 3.05) is 0 Å². The van der Waals surface area contributed by atoms with Crippen molar-refractivity contribution in [2.45, 2.75) is 38.8 Å². The number of imide groups is 1. The van der Waals surface area contributed by atoms with Gasteiger partial charge >= 0.3 is 0 Å². The number of piperidine rings is 1. The van der Waals surface area contributed by atoms with Gasteiger partial charge in [0.2, 0.25) is 11.8 Å². The van der Waals surface area contributed by atoms with E-state index in [2.05, 4.69) is 10.6 Å². The lowest BCUT2D eigenvalue weighted by Gasteiger charge is -2.26. The Morgan fingerprint density at radius 2 is 2.00 bits per heavy atom. The second kappa shape index (κ2) is 5.66. The van der Waals surface area contributed by atoms with Gasteiger partial charge in [-0.2, -0.15) is 0 Å². The predicted octanol–water partition coefficient (Wildman–Crippen LogP) is 1.73.